The Hall–Kier alpha value is -2.92. The number of hydrogen-bond acceptors (Lipinski definition) is 7. The minimum absolute atomic E-state index is 0.0224. The van der Waals surface area contributed by atoms with Crippen LogP contribution >= 0.6 is 0 Å². The predicted octanol–water partition coefficient (Wildman–Crippen LogP) is 2.35. The van der Waals surface area contributed by atoms with Crippen LogP contribution in [0.25, 0.3) is 0 Å². The fourth-order valence-electron chi connectivity index (χ4n) is 4.77. The van der Waals surface area contributed by atoms with Gasteiger partial charge >= 0.3 is 0 Å². The number of sulfonamides is 1. The number of ether oxygens (including phenoxy) is 2. The Morgan fingerprint density at radius 1 is 1.18 bits per heavy atom. The number of nitrogens with one attached hydrogen (secondary N) is 1. The van der Waals surface area contributed by atoms with E-state index < -0.39 is 21.4 Å². The number of nitrogens with two attached hydrogens (primary N) is 1. The molecule has 2 bridgehead atoms. The first-order valence-electron chi connectivity index (χ1n) is 11.1. The summed E-state index contributed by atoms with van der Waals surface area (Å²) in [7, 11) is -2.38. The van der Waals surface area contributed by atoms with Crippen LogP contribution in [0.5, 0.6) is 11.5 Å². The first kappa shape index (κ1) is 24.2. The molecule has 0 radical (unpaired) electrons. The summed E-state index contributed by atoms with van der Waals surface area (Å²) in [6, 6.07) is 7.36. The highest BCUT2D eigenvalue weighted by molar-refractivity contribution is 7.89. The van der Waals surface area contributed by atoms with Crippen LogP contribution in [0.1, 0.15) is 39.5 Å². The van der Waals surface area contributed by atoms with E-state index in [1.165, 1.54) is 37.6 Å². The molecule has 184 valence electrons. The number of primary sulfonamides is 1. The lowest BCUT2D eigenvalue weighted by molar-refractivity contribution is -0.135. The van der Waals surface area contributed by atoms with Gasteiger partial charge < -0.3 is 19.7 Å². The summed E-state index contributed by atoms with van der Waals surface area (Å²) >= 11 is 0. The van der Waals surface area contributed by atoms with E-state index in [1.54, 1.807) is 19.9 Å². The highest BCUT2D eigenvalue weighted by atomic mass is 32.2. The number of halogens is 1. The summed E-state index contributed by atoms with van der Waals surface area (Å²) < 4.78 is 47.6. The van der Waals surface area contributed by atoms with Crippen LogP contribution in [0.4, 0.5) is 10.2 Å². The average molecular weight is 493 g/mol. The van der Waals surface area contributed by atoms with Crippen molar-refractivity contribution in [3.05, 3.63) is 42.3 Å². The molecule has 2 atom stereocenters. The monoisotopic (exact) mass is 492 g/mol. The Kier molecular flexibility index (Phi) is 6.43. The number of methoxy groups -OCH3 is 1. The van der Waals surface area contributed by atoms with Gasteiger partial charge in [0.2, 0.25) is 10.0 Å². The Labute approximate surface area is 198 Å². The lowest BCUT2D eigenvalue weighted by atomic mass is 9.96. The van der Waals surface area contributed by atoms with Gasteiger partial charge in [0.05, 0.1) is 7.11 Å². The van der Waals surface area contributed by atoms with E-state index in [-0.39, 0.29) is 40.4 Å². The fourth-order valence-corrected chi connectivity index (χ4v) is 5.23. The smallest absolute Gasteiger partial charge is 0.263 e. The number of nitrogens with zero attached hydrogens (tertiary/aromatic N) is 2. The molecule has 2 saturated heterocycles. The van der Waals surface area contributed by atoms with E-state index in [1.807, 2.05) is 0 Å². The minimum atomic E-state index is -3.79. The Balaban J connectivity index is 1.41. The molecule has 2 aromatic rings. The zero-order chi connectivity index (χ0) is 24.7. The molecule has 0 saturated carbocycles. The van der Waals surface area contributed by atoms with Crippen molar-refractivity contribution in [2.24, 2.45) is 5.14 Å². The van der Waals surface area contributed by atoms with Gasteiger partial charge in [0, 0.05) is 30.4 Å². The third-order valence-electron chi connectivity index (χ3n) is 6.42. The standard InChI is InChI=1S/C23H29FN4O5S/c1-23(2,33-19-8-4-14(24)10-20(19)32-3)22(29)27-15-11-16-5-6-17(12-15)28(16)21-9-7-18(13-26-21)34(25,30)31/h4,7-10,13,15-17H,5-6,11-12H2,1-3H3,(H,27,29)(H2,25,30,31). The Bertz CT molecular complexity index is 1160. The Morgan fingerprint density at radius 3 is 2.41 bits per heavy atom. The number of aromatic nitrogens is 1. The first-order chi connectivity index (χ1) is 16.0. The summed E-state index contributed by atoms with van der Waals surface area (Å²) in [6.07, 6.45) is 4.67. The van der Waals surface area contributed by atoms with E-state index in [4.69, 9.17) is 14.6 Å². The zero-order valence-corrected chi connectivity index (χ0v) is 20.1. The lowest BCUT2D eigenvalue weighted by Crippen LogP contribution is -2.55. The third kappa shape index (κ3) is 4.95. The minimum Gasteiger partial charge on any atom is -0.493 e. The van der Waals surface area contributed by atoms with Crippen molar-refractivity contribution in [1.29, 1.82) is 0 Å². The van der Waals surface area contributed by atoms with Crippen LogP contribution < -0.4 is 24.8 Å². The van der Waals surface area contributed by atoms with Crippen LogP contribution in [0.15, 0.2) is 41.4 Å². The molecule has 11 heteroatoms. The van der Waals surface area contributed by atoms with Crippen LogP contribution in [0.3, 0.4) is 0 Å². The number of piperidine rings is 1. The van der Waals surface area contributed by atoms with Crippen molar-refractivity contribution < 1.29 is 27.1 Å². The molecule has 1 aromatic carbocycles. The van der Waals surface area contributed by atoms with Crippen LogP contribution in [0, 0.1) is 5.82 Å². The number of anilines is 1. The van der Waals surface area contributed by atoms with E-state index in [0.717, 1.165) is 25.7 Å². The molecule has 2 aliphatic rings. The molecule has 0 spiro atoms. The van der Waals surface area contributed by atoms with Crippen molar-refractivity contribution >= 4 is 21.7 Å². The molecular formula is C23H29FN4O5S. The summed E-state index contributed by atoms with van der Waals surface area (Å²) in [4.78, 5) is 19.6. The summed E-state index contributed by atoms with van der Waals surface area (Å²) in [6.45, 7) is 3.32. The maximum Gasteiger partial charge on any atom is 0.263 e. The van der Waals surface area contributed by atoms with Crippen LogP contribution in [-0.2, 0) is 14.8 Å². The number of rotatable bonds is 7. The van der Waals surface area contributed by atoms with Gasteiger partial charge in [-0.15, -0.1) is 0 Å². The molecule has 2 aliphatic heterocycles. The second kappa shape index (κ2) is 9.03. The van der Waals surface area contributed by atoms with Gasteiger partial charge in [-0.3, -0.25) is 4.79 Å². The second-order valence-corrected chi connectivity index (χ2v) is 10.8. The highest BCUT2D eigenvalue weighted by Crippen LogP contribution is 2.39. The quantitative estimate of drug-likeness (QED) is 0.608. The van der Waals surface area contributed by atoms with E-state index >= 15 is 0 Å². The molecule has 3 N–H and O–H groups in total. The predicted molar refractivity (Wildman–Crippen MR) is 124 cm³/mol. The number of amides is 1. The summed E-state index contributed by atoms with van der Waals surface area (Å²) in [5.74, 6) is 0.479. The van der Waals surface area contributed by atoms with Crippen molar-refractivity contribution in [3.8, 4) is 11.5 Å². The van der Waals surface area contributed by atoms with Gasteiger partial charge in [0.25, 0.3) is 5.91 Å². The normalized spacial score (nSPS) is 22.4. The number of carbonyl (C=O) groups is 1. The SMILES string of the molecule is COc1cc(F)ccc1OC(C)(C)C(=O)NC1CC2CCC(C1)N2c1ccc(S(N)(=O)=O)cn1. The largest absolute Gasteiger partial charge is 0.493 e. The van der Waals surface area contributed by atoms with Crippen molar-refractivity contribution in [2.45, 2.75) is 68.2 Å². The van der Waals surface area contributed by atoms with Gasteiger partial charge in [0.15, 0.2) is 17.1 Å². The molecule has 3 heterocycles. The Morgan fingerprint density at radius 2 is 1.85 bits per heavy atom. The maximum absolute atomic E-state index is 13.5. The molecule has 9 nitrogen and oxygen atoms in total. The number of pyridine rings is 1. The number of carbonyl (C=O) groups excluding carboxylic acids is 1. The third-order valence-corrected chi connectivity index (χ3v) is 7.32. The van der Waals surface area contributed by atoms with E-state index in [9.17, 15) is 17.6 Å². The number of benzene rings is 1. The van der Waals surface area contributed by atoms with Gasteiger partial charge in [-0.25, -0.2) is 22.9 Å². The summed E-state index contributed by atoms with van der Waals surface area (Å²) in [5.41, 5.74) is -1.20. The summed E-state index contributed by atoms with van der Waals surface area (Å²) in [5, 5.41) is 8.28. The van der Waals surface area contributed by atoms with Crippen LogP contribution in [-0.4, -0.2) is 50.1 Å². The van der Waals surface area contributed by atoms with Gasteiger partial charge in [-0.1, -0.05) is 0 Å². The topological polar surface area (TPSA) is 124 Å². The lowest BCUT2D eigenvalue weighted by Gasteiger charge is -2.40. The molecule has 1 amide bonds. The van der Waals surface area contributed by atoms with Crippen molar-refractivity contribution in [3.63, 3.8) is 0 Å². The molecule has 0 aliphatic carbocycles. The second-order valence-electron chi connectivity index (χ2n) is 9.24. The molecule has 1 aromatic heterocycles. The fraction of sp³-hybridized carbons (Fsp3) is 0.478. The van der Waals surface area contributed by atoms with Crippen molar-refractivity contribution in [2.75, 3.05) is 12.0 Å². The molecule has 2 unspecified atom stereocenters. The van der Waals surface area contributed by atoms with Gasteiger partial charge in [-0.2, -0.15) is 0 Å². The first-order valence-corrected chi connectivity index (χ1v) is 12.6. The highest BCUT2D eigenvalue weighted by Gasteiger charge is 2.43. The van der Waals surface area contributed by atoms with Crippen molar-refractivity contribution in [1.82, 2.24) is 10.3 Å². The molecule has 4 rings (SSSR count). The maximum atomic E-state index is 13.5. The number of fused-ring (bicyclic) bond motifs is 2. The van der Waals surface area contributed by atoms with Gasteiger partial charge in [-0.05, 0) is 63.8 Å². The molecule has 2 fully saturated rings. The molecule has 34 heavy (non-hydrogen) atoms. The zero-order valence-electron chi connectivity index (χ0n) is 19.3. The molecular weight excluding hydrogens is 463 g/mol. The van der Waals surface area contributed by atoms with E-state index in [0.29, 0.717) is 5.82 Å². The van der Waals surface area contributed by atoms with Crippen LogP contribution in [0.2, 0.25) is 0 Å². The number of hydrogen-bond donors (Lipinski definition) is 2. The van der Waals surface area contributed by atoms with Gasteiger partial charge in [0.1, 0.15) is 16.5 Å². The average Bonchev–Trinajstić information content (AvgIpc) is 3.04. The van der Waals surface area contributed by atoms with E-state index in [2.05, 4.69) is 15.2 Å².